The van der Waals surface area contributed by atoms with Gasteiger partial charge < -0.3 is 10.6 Å². The molecule has 3 rings (SSSR count). The van der Waals surface area contributed by atoms with E-state index in [1.165, 1.54) is 96.9 Å². The fraction of sp³-hybridized carbons (Fsp3) is 1.00. The van der Waals surface area contributed by atoms with Gasteiger partial charge in [-0.25, -0.2) is 0 Å². The van der Waals surface area contributed by atoms with Crippen molar-refractivity contribution in [1.29, 1.82) is 0 Å². The molecular formula is C18H35N3. The lowest BCUT2D eigenvalue weighted by Gasteiger charge is -2.36. The molecule has 1 atom stereocenters. The zero-order valence-corrected chi connectivity index (χ0v) is 13.9. The van der Waals surface area contributed by atoms with Gasteiger partial charge in [-0.2, -0.15) is 0 Å². The Kier molecular flexibility index (Phi) is 5.58. The largest absolute Gasteiger partial charge is 0.330 e. The van der Waals surface area contributed by atoms with Crippen LogP contribution in [0.4, 0.5) is 0 Å². The first kappa shape index (κ1) is 15.8. The minimum Gasteiger partial charge on any atom is -0.330 e. The van der Waals surface area contributed by atoms with Crippen molar-refractivity contribution < 1.29 is 0 Å². The second-order valence-electron chi connectivity index (χ2n) is 7.89. The van der Waals surface area contributed by atoms with E-state index in [2.05, 4.69) is 9.80 Å². The summed E-state index contributed by atoms with van der Waals surface area (Å²) in [6, 6.07) is 0.839. The number of nitrogens with two attached hydrogens (primary N) is 1. The minimum atomic E-state index is 0.438. The van der Waals surface area contributed by atoms with E-state index in [0.717, 1.165) is 12.6 Å². The van der Waals surface area contributed by atoms with Crippen molar-refractivity contribution >= 4 is 0 Å². The zero-order chi connectivity index (χ0) is 14.5. The van der Waals surface area contributed by atoms with Crippen LogP contribution in [0, 0.1) is 5.41 Å². The highest BCUT2D eigenvalue weighted by atomic mass is 15.3. The fourth-order valence-electron chi connectivity index (χ4n) is 4.92. The van der Waals surface area contributed by atoms with Crippen LogP contribution in [0.3, 0.4) is 0 Å². The molecule has 3 fully saturated rings. The predicted molar refractivity (Wildman–Crippen MR) is 89.5 cm³/mol. The number of nitrogens with zero attached hydrogens (tertiary/aromatic N) is 2. The summed E-state index contributed by atoms with van der Waals surface area (Å²) >= 11 is 0. The van der Waals surface area contributed by atoms with Crippen LogP contribution in [-0.4, -0.2) is 55.1 Å². The van der Waals surface area contributed by atoms with Crippen molar-refractivity contribution in [2.24, 2.45) is 11.1 Å². The Morgan fingerprint density at radius 2 is 1.52 bits per heavy atom. The van der Waals surface area contributed by atoms with Crippen LogP contribution in [0.15, 0.2) is 0 Å². The number of hydrogen-bond acceptors (Lipinski definition) is 3. The molecule has 3 nitrogen and oxygen atoms in total. The second-order valence-corrected chi connectivity index (χ2v) is 7.89. The number of rotatable bonds is 4. The van der Waals surface area contributed by atoms with Gasteiger partial charge in [-0.05, 0) is 63.7 Å². The van der Waals surface area contributed by atoms with Gasteiger partial charge in [-0.1, -0.05) is 32.1 Å². The molecule has 1 unspecified atom stereocenters. The predicted octanol–water partition coefficient (Wildman–Crippen LogP) is 2.85. The minimum absolute atomic E-state index is 0.438. The van der Waals surface area contributed by atoms with E-state index in [1.807, 2.05) is 0 Å². The van der Waals surface area contributed by atoms with E-state index in [4.69, 9.17) is 5.73 Å². The Morgan fingerprint density at radius 3 is 2.19 bits per heavy atom. The van der Waals surface area contributed by atoms with E-state index in [-0.39, 0.29) is 0 Å². The first-order valence-electron chi connectivity index (χ1n) is 9.48. The lowest BCUT2D eigenvalue weighted by molar-refractivity contribution is 0.131. The Hall–Kier alpha value is -0.120. The normalized spacial score (nSPS) is 32.1. The Bertz CT molecular complexity index is 304. The zero-order valence-electron chi connectivity index (χ0n) is 13.9. The molecule has 1 saturated carbocycles. The molecule has 21 heavy (non-hydrogen) atoms. The van der Waals surface area contributed by atoms with E-state index >= 15 is 0 Å². The van der Waals surface area contributed by atoms with Gasteiger partial charge in [-0.3, -0.25) is 4.90 Å². The number of hydrogen-bond donors (Lipinski definition) is 1. The van der Waals surface area contributed by atoms with Crippen molar-refractivity contribution in [3.63, 3.8) is 0 Å². The van der Waals surface area contributed by atoms with Gasteiger partial charge in [0, 0.05) is 19.1 Å². The molecule has 0 radical (unpaired) electrons. The number of piperidine rings is 1. The highest BCUT2D eigenvalue weighted by Gasteiger charge is 2.35. The van der Waals surface area contributed by atoms with Gasteiger partial charge in [0.15, 0.2) is 0 Å². The van der Waals surface area contributed by atoms with Crippen LogP contribution < -0.4 is 5.73 Å². The topological polar surface area (TPSA) is 32.5 Å². The van der Waals surface area contributed by atoms with E-state index in [0.29, 0.717) is 5.41 Å². The summed E-state index contributed by atoms with van der Waals surface area (Å²) in [6.45, 7) is 7.48. The molecule has 0 amide bonds. The third-order valence-electron chi connectivity index (χ3n) is 6.31. The molecule has 0 aromatic rings. The van der Waals surface area contributed by atoms with Crippen LogP contribution in [-0.2, 0) is 0 Å². The molecular weight excluding hydrogens is 258 g/mol. The van der Waals surface area contributed by atoms with Gasteiger partial charge in [0.1, 0.15) is 0 Å². The fourth-order valence-corrected chi connectivity index (χ4v) is 4.92. The van der Waals surface area contributed by atoms with Gasteiger partial charge in [0.2, 0.25) is 0 Å². The molecule has 0 spiro atoms. The molecule has 3 heteroatoms. The molecule has 0 aromatic heterocycles. The molecule has 2 saturated heterocycles. The third-order valence-corrected chi connectivity index (χ3v) is 6.31. The summed E-state index contributed by atoms with van der Waals surface area (Å²) in [5, 5.41) is 0. The van der Waals surface area contributed by atoms with E-state index < -0.39 is 0 Å². The molecule has 2 N–H and O–H groups in total. The van der Waals surface area contributed by atoms with Gasteiger partial charge >= 0.3 is 0 Å². The van der Waals surface area contributed by atoms with Crippen molar-refractivity contribution in [2.45, 2.75) is 70.3 Å². The van der Waals surface area contributed by atoms with E-state index in [1.54, 1.807) is 0 Å². The average Bonchev–Trinajstić information content (AvgIpc) is 2.86. The molecule has 2 aliphatic heterocycles. The summed E-state index contributed by atoms with van der Waals surface area (Å²) in [5.41, 5.74) is 6.66. The van der Waals surface area contributed by atoms with Crippen LogP contribution in [0.2, 0.25) is 0 Å². The molecule has 2 heterocycles. The lowest BCUT2D eigenvalue weighted by Crippen LogP contribution is -2.44. The standard InChI is InChI=1S/C18H35N3/c19-15-18(9-4-1-2-5-10-18)16-20-13-8-17(14-20)21-11-6-3-7-12-21/h17H,1-16,19H2. The molecule has 0 bridgehead atoms. The summed E-state index contributed by atoms with van der Waals surface area (Å²) < 4.78 is 0. The molecule has 122 valence electrons. The molecule has 1 aliphatic carbocycles. The highest BCUT2D eigenvalue weighted by molar-refractivity contribution is 4.91. The summed E-state index contributed by atoms with van der Waals surface area (Å²) in [6.07, 6.45) is 14.1. The van der Waals surface area contributed by atoms with Crippen molar-refractivity contribution in [3.05, 3.63) is 0 Å². The Morgan fingerprint density at radius 1 is 0.857 bits per heavy atom. The SMILES string of the molecule is NCC1(CN2CCC(N3CCCCC3)C2)CCCCCC1. The van der Waals surface area contributed by atoms with Crippen molar-refractivity contribution in [2.75, 3.05) is 39.3 Å². The lowest BCUT2D eigenvalue weighted by atomic mass is 9.80. The van der Waals surface area contributed by atoms with Crippen molar-refractivity contribution in [3.8, 4) is 0 Å². The van der Waals surface area contributed by atoms with Crippen LogP contribution in [0.1, 0.15) is 64.2 Å². The van der Waals surface area contributed by atoms with Crippen LogP contribution in [0.25, 0.3) is 0 Å². The molecule has 3 aliphatic rings. The van der Waals surface area contributed by atoms with E-state index in [9.17, 15) is 0 Å². The monoisotopic (exact) mass is 293 g/mol. The van der Waals surface area contributed by atoms with Gasteiger partial charge in [0.25, 0.3) is 0 Å². The quantitative estimate of drug-likeness (QED) is 0.809. The van der Waals surface area contributed by atoms with Crippen LogP contribution >= 0.6 is 0 Å². The smallest absolute Gasteiger partial charge is 0.0235 e. The first-order chi connectivity index (χ1) is 10.3. The average molecular weight is 293 g/mol. The van der Waals surface area contributed by atoms with Gasteiger partial charge in [-0.15, -0.1) is 0 Å². The summed E-state index contributed by atoms with van der Waals surface area (Å²) in [5.74, 6) is 0. The number of likely N-dealkylation sites (tertiary alicyclic amines) is 2. The second kappa shape index (κ2) is 7.43. The first-order valence-corrected chi connectivity index (χ1v) is 9.48. The van der Waals surface area contributed by atoms with Gasteiger partial charge in [0.05, 0.1) is 0 Å². The highest BCUT2D eigenvalue weighted by Crippen LogP contribution is 2.36. The van der Waals surface area contributed by atoms with Crippen molar-refractivity contribution in [1.82, 2.24) is 9.80 Å². The maximum absolute atomic E-state index is 6.23. The van der Waals surface area contributed by atoms with Crippen LogP contribution in [0.5, 0.6) is 0 Å². The Balaban J connectivity index is 1.52. The maximum Gasteiger partial charge on any atom is 0.0235 e. The summed E-state index contributed by atoms with van der Waals surface area (Å²) in [7, 11) is 0. The maximum atomic E-state index is 6.23. The summed E-state index contributed by atoms with van der Waals surface area (Å²) in [4.78, 5) is 5.52. The Labute approximate surface area is 131 Å². The molecule has 0 aromatic carbocycles. The third kappa shape index (κ3) is 4.00.